The summed E-state index contributed by atoms with van der Waals surface area (Å²) in [6.45, 7) is 8.21. The molecule has 2 aliphatic heterocycles. The summed E-state index contributed by atoms with van der Waals surface area (Å²) in [4.78, 5) is 168. The molecule has 0 radical (unpaired) electrons. The van der Waals surface area contributed by atoms with Gasteiger partial charge in [-0.25, -0.2) is 34.0 Å². The van der Waals surface area contributed by atoms with Crippen molar-refractivity contribution < 1.29 is 66.3 Å². The maximum absolute atomic E-state index is 14.5. The number of hydrogen-bond acceptors (Lipinski definition) is 17. The van der Waals surface area contributed by atoms with Crippen LogP contribution in [0.25, 0.3) is 33.0 Å². The maximum atomic E-state index is 14.5. The highest BCUT2D eigenvalue weighted by Crippen LogP contribution is 2.32. The zero-order chi connectivity index (χ0) is 73.7. The summed E-state index contributed by atoms with van der Waals surface area (Å²) in [6.07, 6.45) is 14.2. The molecule has 9 amide bonds. The van der Waals surface area contributed by atoms with Crippen LogP contribution in [0.4, 0.5) is 21.0 Å². The Morgan fingerprint density at radius 2 is 1.10 bits per heavy atom. The Morgan fingerprint density at radius 1 is 0.534 bits per heavy atom. The van der Waals surface area contributed by atoms with E-state index in [1.807, 2.05) is 0 Å². The minimum Gasteiger partial charge on any atom is -0.436 e. The smallest absolute Gasteiger partial charge is 0.418 e. The van der Waals surface area contributed by atoms with Gasteiger partial charge in [-0.15, -0.1) is 0 Å². The summed E-state index contributed by atoms with van der Waals surface area (Å²) < 4.78 is 21.3. The zero-order valence-corrected chi connectivity index (χ0v) is 59.2. The number of nitrogens with one attached hydrogen (secondary N) is 4. The van der Waals surface area contributed by atoms with Crippen molar-refractivity contribution in [2.75, 3.05) is 30.3 Å². The number of ether oxygens (including phenoxy) is 2. The lowest BCUT2D eigenvalue weighted by Gasteiger charge is -2.24. The lowest BCUT2D eigenvalue weighted by atomic mass is 9.98. The van der Waals surface area contributed by atoms with E-state index in [1.165, 1.54) is 113 Å². The van der Waals surface area contributed by atoms with Gasteiger partial charge in [-0.05, 0) is 92.9 Å². The predicted molar refractivity (Wildman–Crippen MR) is 389 cm³/mol. The summed E-state index contributed by atoms with van der Waals surface area (Å²) in [5, 5.41) is 11.6. The van der Waals surface area contributed by atoms with Gasteiger partial charge in [0.05, 0.1) is 33.5 Å². The summed E-state index contributed by atoms with van der Waals surface area (Å²) >= 11 is 12.9. The molecule has 0 spiro atoms. The van der Waals surface area contributed by atoms with Gasteiger partial charge in [0.1, 0.15) is 16.7 Å². The quantitative estimate of drug-likeness (QED) is 0.00727. The molecule has 2 saturated heterocycles. The Hall–Kier alpha value is -10.4. The maximum Gasteiger partial charge on any atom is 0.418 e. The fourth-order valence-electron chi connectivity index (χ4n) is 12.0. The molecule has 5 aromatic carbocycles. The van der Waals surface area contributed by atoms with Crippen molar-refractivity contribution in [3.8, 4) is 0 Å². The van der Waals surface area contributed by atoms with Crippen molar-refractivity contribution in [3.05, 3.63) is 192 Å². The number of pyridine rings is 1. The van der Waals surface area contributed by atoms with Gasteiger partial charge in [-0.3, -0.25) is 43.3 Å². The number of ketones is 2. The summed E-state index contributed by atoms with van der Waals surface area (Å²) in [6, 6.07) is 28.9. The molecular weight excluding hydrogens is 1360 g/mol. The Kier molecular flexibility index (Phi) is 27.5. The van der Waals surface area contributed by atoms with Crippen LogP contribution in [-0.4, -0.2) is 123 Å². The highest BCUT2D eigenvalue weighted by molar-refractivity contribution is 6.35. The van der Waals surface area contributed by atoms with E-state index in [-0.39, 0.29) is 85.1 Å². The minimum atomic E-state index is -2.21. The Morgan fingerprint density at radius 3 is 1.72 bits per heavy atom. The molecule has 8 aromatic rings. The lowest BCUT2D eigenvalue weighted by molar-refractivity contribution is -0.144. The average Bonchev–Trinajstić information content (AvgIpc) is 1.44. The third-order valence-electron chi connectivity index (χ3n) is 17.5. The normalized spacial score (nSPS) is 14.9. The molecule has 4 N–H and O–H groups in total. The van der Waals surface area contributed by atoms with E-state index in [2.05, 4.69) is 40.1 Å². The number of cyclic esters (lactones) is 1. The SMILES string of the molecule is CCCCCCCCCCCCNC(=O)c1ccc(Cl)c(NC(=O)C(C(=O)c2cc(=O)oc3ccccc23)N2C(=O)OC(C)C2=O)c1.CCCCCCCCNC(=O)c1ccc(NC(=O)C(C(=O)c2cc3nc4ccccc4cc3oc2=O)N2C(=O)C(OCC)N(Cc3ccccc3)C2=O)c(Cl)c1. The van der Waals surface area contributed by atoms with Crippen LogP contribution in [0.3, 0.4) is 0 Å². The van der Waals surface area contributed by atoms with Gasteiger partial charge in [-0.1, -0.05) is 194 Å². The molecule has 540 valence electrons. The fourth-order valence-corrected chi connectivity index (χ4v) is 12.4. The second-order valence-corrected chi connectivity index (χ2v) is 25.8. The van der Waals surface area contributed by atoms with Gasteiger partial charge in [-0.2, -0.15) is 0 Å². The fraction of sp³-hybridized carbons (Fsp3) is 0.364. The van der Waals surface area contributed by atoms with Crippen LogP contribution in [0, 0.1) is 0 Å². The summed E-state index contributed by atoms with van der Waals surface area (Å²) in [5.74, 6) is -7.11. The number of Topliss-reactive ketones (excluding diaryl/α,β-unsaturated/α-hetero) is 2. The minimum absolute atomic E-state index is 0.0118. The summed E-state index contributed by atoms with van der Waals surface area (Å²) in [7, 11) is 0. The number of nitrogens with zero attached hydrogens (tertiary/aromatic N) is 4. The van der Waals surface area contributed by atoms with Crippen molar-refractivity contribution in [3.63, 3.8) is 0 Å². The standard InChI is InChI=1S/C42H42ClN5O8.C35H40ClN3O8/c1-3-5-6-7-8-14-21-44-37(50)28-19-20-32(30(43)22-28)46-38(51)35(48-39(52)40(55-4-2)47(42(48)54)25-26-15-10-9-11-16-26)36(49)29-24-33-34(56-41(29)53)23-27-17-12-13-18-31(27)45-33;1-3-4-5-6-7-8-9-10-11-14-19-37-32(42)23-17-18-26(36)27(20-23)38-33(43)30(39-34(44)22(2)46-35(39)45)31(41)25-21-29(40)47-28-16-13-12-15-24(25)28/h9-13,15-20,22-24,35,40H,3-8,14,21,25H2,1-2H3,(H,44,50)(H,46,51);12-13,15-18,20-22,30H,3-11,14,19H2,1-2H3,(H,37,42)(H,38,43). The first-order chi connectivity index (χ1) is 49.7. The van der Waals surface area contributed by atoms with Crippen molar-refractivity contribution in [1.29, 1.82) is 0 Å². The van der Waals surface area contributed by atoms with E-state index in [4.69, 9.17) is 41.5 Å². The third kappa shape index (κ3) is 19.4. The predicted octanol–water partition coefficient (Wildman–Crippen LogP) is 13.8. The highest BCUT2D eigenvalue weighted by atomic mass is 35.5. The number of rotatable bonds is 34. The Balaban J connectivity index is 0.000000243. The summed E-state index contributed by atoms with van der Waals surface area (Å²) in [5.41, 5.74) is -0.896. The van der Waals surface area contributed by atoms with E-state index < -0.39 is 88.5 Å². The molecule has 2 aliphatic rings. The molecule has 5 heterocycles. The van der Waals surface area contributed by atoms with Gasteiger partial charge in [0.25, 0.3) is 35.4 Å². The van der Waals surface area contributed by atoms with Crippen LogP contribution in [0.1, 0.15) is 177 Å². The molecule has 103 heavy (non-hydrogen) atoms. The van der Waals surface area contributed by atoms with Gasteiger partial charge in [0.2, 0.25) is 12.0 Å². The van der Waals surface area contributed by atoms with E-state index in [1.54, 1.807) is 79.7 Å². The third-order valence-corrected chi connectivity index (χ3v) is 18.1. The number of aromatic nitrogens is 1. The van der Waals surface area contributed by atoms with Crippen molar-refractivity contribution in [2.24, 2.45) is 0 Å². The molecule has 10 rings (SSSR count). The topological polar surface area (TPSA) is 320 Å². The van der Waals surface area contributed by atoms with Crippen LogP contribution < -0.4 is 32.5 Å². The number of amides is 9. The molecule has 0 bridgehead atoms. The number of urea groups is 1. The molecule has 3 aromatic heterocycles. The number of carbonyl (C=O) groups excluding carboxylic acids is 10. The van der Waals surface area contributed by atoms with Crippen molar-refractivity contribution in [2.45, 2.75) is 161 Å². The Labute approximate surface area is 604 Å². The molecule has 4 atom stereocenters. The largest absolute Gasteiger partial charge is 0.436 e. The number of imide groups is 2. The Bertz CT molecular complexity index is 4580. The van der Waals surface area contributed by atoms with Crippen molar-refractivity contribution in [1.82, 2.24) is 30.3 Å². The number of unbranched alkanes of at least 4 members (excludes halogenated alkanes) is 14. The number of para-hydroxylation sites is 2. The first-order valence-corrected chi connectivity index (χ1v) is 35.5. The number of hydrogen-bond donors (Lipinski definition) is 4. The average molecular weight is 1450 g/mol. The van der Waals surface area contributed by atoms with Crippen LogP contribution in [-0.2, 0) is 35.2 Å². The molecule has 2 fully saturated rings. The number of anilines is 2. The van der Waals surface area contributed by atoms with Gasteiger partial charge >= 0.3 is 23.4 Å². The first-order valence-electron chi connectivity index (χ1n) is 34.8. The molecule has 0 saturated carbocycles. The zero-order valence-electron chi connectivity index (χ0n) is 57.7. The monoisotopic (exact) mass is 1440 g/mol. The van der Waals surface area contributed by atoms with Crippen LogP contribution >= 0.6 is 23.2 Å². The molecule has 24 nitrogen and oxygen atoms in total. The molecule has 4 unspecified atom stereocenters. The molecule has 26 heteroatoms. The number of fused-ring (bicyclic) bond motifs is 3. The highest BCUT2D eigenvalue weighted by Gasteiger charge is 2.54. The van der Waals surface area contributed by atoms with Gasteiger partial charge < -0.3 is 39.6 Å². The van der Waals surface area contributed by atoms with E-state index >= 15 is 0 Å². The van der Waals surface area contributed by atoms with E-state index in [0.717, 1.165) is 62.3 Å². The lowest BCUT2D eigenvalue weighted by Crippen LogP contribution is -2.53. The van der Waals surface area contributed by atoms with Crippen molar-refractivity contribution >= 4 is 127 Å². The molecular formula is C77H82Cl2N8O16. The van der Waals surface area contributed by atoms with E-state index in [9.17, 15) is 57.5 Å². The number of halogens is 2. The second kappa shape index (κ2) is 37.0. The van der Waals surface area contributed by atoms with Gasteiger partial charge in [0, 0.05) is 53.2 Å². The second-order valence-electron chi connectivity index (χ2n) is 25.0. The van der Waals surface area contributed by atoms with Crippen LogP contribution in [0.2, 0.25) is 10.0 Å². The van der Waals surface area contributed by atoms with Gasteiger partial charge in [0.15, 0.2) is 29.6 Å². The first kappa shape index (κ1) is 76.7. The molecule has 0 aliphatic carbocycles. The van der Waals surface area contributed by atoms with Crippen LogP contribution in [0.15, 0.2) is 152 Å². The number of carbonyl (C=O) groups is 10. The number of benzene rings is 5. The van der Waals surface area contributed by atoms with E-state index in [0.29, 0.717) is 39.4 Å². The van der Waals surface area contributed by atoms with Crippen LogP contribution in [0.5, 0.6) is 0 Å².